The molecule has 15 heteroatoms. The van der Waals surface area contributed by atoms with E-state index < -0.39 is 24.0 Å². The maximum atomic E-state index is 12.4. The molecule has 0 fully saturated rings. The van der Waals surface area contributed by atoms with E-state index in [-0.39, 0.29) is 30.3 Å². The van der Waals surface area contributed by atoms with Crippen LogP contribution in [0.2, 0.25) is 5.02 Å². The van der Waals surface area contributed by atoms with Crippen LogP contribution < -0.4 is 21.5 Å². The predicted molar refractivity (Wildman–Crippen MR) is 195 cm³/mol. The summed E-state index contributed by atoms with van der Waals surface area (Å²) in [6.45, 7) is 9.26. The zero-order valence-electron chi connectivity index (χ0n) is 26.8. The van der Waals surface area contributed by atoms with Gasteiger partial charge in [0, 0.05) is 46.1 Å². The van der Waals surface area contributed by atoms with Gasteiger partial charge in [-0.2, -0.15) is 5.26 Å². The average molecular weight is 727 g/mol. The van der Waals surface area contributed by atoms with Gasteiger partial charge in [0.1, 0.15) is 46.9 Å². The van der Waals surface area contributed by atoms with Crippen LogP contribution in [0.3, 0.4) is 0 Å². The van der Waals surface area contributed by atoms with Crippen LogP contribution in [0.25, 0.3) is 26.5 Å². The van der Waals surface area contributed by atoms with Crippen molar-refractivity contribution in [2.75, 3.05) is 18.9 Å². The average Bonchev–Trinajstić information content (AvgIpc) is 3.82. The molecule has 0 saturated heterocycles. The molecule has 254 valence electrons. The molecule has 5 N–H and O–H groups in total. The summed E-state index contributed by atoms with van der Waals surface area (Å²) < 4.78 is 11.0. The van der Waals surface area contributed by atoms with Crippen molar-refractivity contribution < 1.29 is 19.1 Å². The summed E-state index contributed by atoms with van der Waals surface area (Å²) in [6, 6.07) is 14.7. The van der Waals surface area contributed by atoms with Crippen LogP contribution in [0.15, 0.2) is 75.7 Å². The van der Waals surface area contributed by atoms with Gasteiger partial charge in [-0.25, -0.2) is 19.6 Å². The molecule has 0 unspecified atom stereocenters. The molecule has 0 spiro atoms. The summed E-state index contributed by atoms with van der Waals surface area (Å²) in [5.41, 5.74) is 16.2. The van der Waals surface area contributed by atoms with E-state index in [0.717, 1.165) is 21.8 Å². The molecule has 5 rings (SSSR count). The second kappa shape index (κ2) is 16.9. The van der Waals surface area contributed by atoms with E-state index in [1.165, 1.54) is 30.0 Å². The highest BCUT2D eigenvalue weighted by molar-refractivity contribution is 7.98. The van der Waals surface area contributed by atoms with E-state index in [4.69, 9.17) is 44.1 Å². The third-order valence-electron chi connectivity index (χ3n) is 7.38. The van der Waals surface area contributed by atoms with Crippen LogP contribution in [-0.4, -0.2) is 53.4 Å². The topological polar surface area (TPSA) is 183 Å². The maximum Gasteiger partial charge on any atom is 0.328 e. The molecule has 4 aromatic rings. The number of aliphatic imine (C=N–C) groups is 1. The lowest BCUT2D eigenvalue weighted by Gasteiger charge is -2.17. The van der Waals surface area contributed by atoms with Gasteiger partial charge >= 0.3 is 5.97 Å². The number of nitrogens with one attached hydrogen (secondary N) is 1. The first-order valence-corrected chi connectivity index (χ1v) is 17.5. The molecule has 3 heterocycles. The number of anilines is 1. The maximum absolute atomic E-state index is 12.4. The number of aromatic nitrogens is 2. The van der Waals surface area contributed by atoms with Crippen molar-refractivity contribution >= 4 is 64.3 Å². The Morgan fingerprint density at radius 3 is 2.58 bits per heavy atom. The summed E-state index contributed by atoms with van der Waals surface area (Å²) in [4.78, 5) is 41.4. The minimum Gasteiger partial charge on any atom is -0.490 e. The molecule has 1 aliphatic rings. The first-order chi connectivity index (χ1) is 24.2. The van der Waals surface area contributed by atoms with Gasteiger partial charge in [0.2, 0.25) is 11.6 Å². The first-order valence-electron chi connectivity index (χ1n) is 15.3. The number of amides is 1. The number of thiazole rings is 1. The van der Waals surface area contributed by atoms with Crippen molar-refractivity contribution in [1.29, 1.82) is 5.26 Å². The number of nitrogens with zero attached hydrogens (tertiary/aromatic N) is 5. The van der Waals surface area contributed by atoms with Gasteiger partial charge in [0.05, 0.1) is 23.9 Å². The Bertz CT molecular complexity index is 2020. The molecule has 2 aromatic carbocycles. The number of hydrogen-bond donors (Lipinski definition) is 3. The minimum absolute atomic E-state index is 0.0204. The van der Waals surface area contributed by atoms with Crippen LogP contribution in [-0.2, 0) is 20.1 Å². The number of ether oxygens (including phenoxy) is 2. The fourth-order valence-corrected chi connectivity index (χ4v) is 6.78. The lowest BCUT2D eigenvalue weighted by molar-refractivity contribution is -0.148. The van der Waals surface area contributed by atoms with Gasteiger partial charge in [-0.3, -0.25) is 9.79 Å². The fraction of sp³-hybridized carbons (Fsp3) is 0.229. The monoisotopic (exact) mass is 726 g/mol. The molecular formula is C35H31ClN8O4S2. The van der Waals surface area contributed by atoms with Crippen molar-refractivity contribution in [3.8, 4) is 33.5 Å². The summed E-state index contributed by atoms with van der Waals surface area (Å²) in [7, 11) is 0. The number of nitriles is 1. The molecule has 50 heavy (non-hydrogen) atoms. The van der Waals surface area contributed by atoms with Crippen molar-refractivity contribution in [1.82, 2.24) is 15.3 Å². The van der Waals surface area contributed by atoms with E-state index in [1.54, 1.807) is 36.7 Å². The molecule has 0 aliphatic carbocycles. The van der Waals surface area contributed by atoms with E-state index in [2.05, 4.69) is 26.2 Å². The fourth-order valence-electron chi connectivity index (χ4n) is 4.83. The molecule has 0 bridgehead atoms. The lowest BCUT2D eigenvalue weighted by atomic mass is 10.00. The SMILES string of the molecule is [C-]#[N+]c1c(N)nc(SCc2csc(-c3ccc(Cl)cc3)n2)c(C#N)c1-c1ccc(OCCOC(=O)[C@H](C)NC(=O)[C@@H](N)CC2=CN=CC2)cc1. The van der Waals surface area contributed by atoms with Crippen molar-refractivity contribution in [3.63, 3.8) is 0 Å². The molecule has 2 aromatic heterocycles. The quantitative estimate of drug-likeness (QED) is 0.0575. The van der Waals surface area contributed by atoms with Crippen LogP contribution in [0.5, 0.6) is 5.75 Å². The Morgan fingerprint density at radius 2 is 1.90 bits per heavy atom. The van der Waals surface area contributed by atoms with Crippen LogP contribution in [0.4, 0.5) is 11.5 Å². The first kappa shape index (κ1) is 36.0. The van der Waals surface area contributed by atoms with Gasteiger partial charge in [-0.15, -0.1) is 11.3 Å². The largest absolute Gasteiger partial charge is 0.490 e. The Kier molecular flexibility index (Phi) is 12.2. The number of hydrogen-bond acceptors (Lipinski definition) is 12. The highest BCUT2D eigenvalue weighted by atomic mass is 35.5. The van der Waals surface area contributed by atoms with Gasteiger partial charge in [0.15, 0.2) is 0 Å². The van der Waals surface area contributed by atoms with Gasteiger partial charge in [-0.05, 0) is 48.7 Å². The molecule has 1 amide bonds. The number of pyridine rings is 1. The number of benzene rings is 2. The van der Waals surface area contributed by atoms with Gasteiger partial charge in [-0.1, -0.05) is 47.6 Å². The van der Waals surface area contributed by atoms with Crippen LogP contribution in [0.1, 0.15) is 31.0 Å². The van der Waals surface area contributed by atoms with Crippen molar-refractivity contribution in [3.05, 3.63) is 93.4 Å². The van der Waals surface area contributed by atoms with E-state index in [9.17, 15) is 14.9 Å². The Morgan fingerprint density at radius 1 is 1.16 bits per heavy atom. The third-order valence-corrected chi connectivity index (χ3v) is 9.58. The number of nitrogens with two attached hydrogens (primary N) is 2. The third kappa shape index (κ3) is 9.05. The van der Waals surface area contributed by atoms with Crippen LogP contribution in [0, 0.1) is 17.9 Å². The summed E-state index contributed by atoms with van der Waals surface area (Å²) >= 11 is 8.83. The van der Waals surface area contributed by atoms with Gasteiger partial charge in [0.25, 0.3) is 0 Å². The van der Waals surface area contributed by atoms with Crippen molar-refractivity contribution in [2.45, 2.75) is 42.6 Å². The number of carbonyl (C=O) groups excluding carboxylic acids is 2. The molecule has 0 saturated carbocycles. The van der Waals surface area contributed by atoms with E-state index in [1.807, 2.05) is 29.6 Å². The summed E-state index contributed by atoms with van der Waals surface area (Å²) in [6.07, 6.45) is 4.43. The van der Waals surface area contributed by atoms with E-state index >= 15 is 0 Å². The molecule has 2 atom stereocenters. The zero-order valence-corrected chi connectivity index (χ0v) is 29.1. The number of rotatable bonds is 14. The molecular weight excluding hydrogens is 696 g/mol. The Balaban J connectivity index is 1.17. The normalized spacial score (nSPS) is 13.1. The second-order valence-corrected chi connectivity index (χ2v) is 13.2. The molecule has 12 nitrogen and oxygen atoms in total. The number of thioether (sulfide) groups is 1. The highest BCUT2D eigenvalue weighted by Gasteiger charge is 2.23. The van der Waals surface area contributed by atoms with Crippen molar-refractivity contribution in [2.24, 2.45) is 10.7 Å². The second-order valence-electron chi connectivity index (χ2n) is 11.0. The number of halogens is 1. The lowest BCUT2D eigenvalue weighted by Crippen LogP contribution is -2.47. The molecule has 0 radical (unpaired) electrons. The number of esters is 1. The van der Waals surface area contributed by atoms with E-state index in [0.29, 0.717) is 45.5 Å². The van der Waals surface area contributed by atoms with Crippen LogP contribution >= 0.6 is 34.7 Å². The zero-order chi connectivity index (χ0) is 35.6. The number of nitrogen functional groups attached to an aromatic ring is 1. The minimum atomic E-state index is -0.892. The highest BCUT2D eigenvalue weighted by Crippen LogP contribution is 2.42. The van der Waals surface area contributed by atoms with Gasteiger partial charge < -0.3 is 26.3 Å². The smallest absolute Gasteiger partial charge is 0.328 e. The summed E-state index contributed by atoms with van der Waals surface area (Å²) in [5, 5.41) is 16.6. The Labute approximate surface area is 302 Å². The molecule has 1 aliphatic heterocycles. The Hall–Kier alpha value is -5.25. The summed E-state index contributed by atoms with van der Waals surface area (Å²) in [5.74, 6) is -0.144. The standard InChI is InChI=1S/C35H31ClN8O4S2/c1-20(42-32(45)28(38)15-21-11-12-41-17-21)35(46)48-14-13-47-26-9-5-22(6-10-26)29-27(16-37)34(44-31(39)30(29)40-2)50-19-25-18-49-33(43-25)23-3-7-24(36)8-4-23/h3-10,12,17-18,20,28H,11,13-15,19,38H2,1H3,(H2,39,44)(H,42,45)/t20-,28-/m0/s1. The predicted octanol–water partition coefficient (Wildman–Crippen LogP) is 6.32. The number of carbonyl (C=O) groups is 2.